The molecule has 1 heterocycles. The first-order valence-corrected chi connectivity index (χ1v) is 11.7. The molecule has 1 fully saturated rings. The van der Waals surface area contributed by atoms with Crippen LogP contribution in [0, 0.1) is 13.8 Å². The zero-order valence-corrected chi connectivity index (χ0v) is 19.5. The number of rotatable bonds is 8. The van der Waals surface area contributed by atoms with Gasteiger partial charge >= 0.3 is 0 Å². The first-order chi connectivity index (χ1) is 16.0. The molecule has 1 saturated heterocycles. The van der Waals surface area contributed by atoms with Crippen LogP contribution in [0.15, 0.2) is 72.8 Å². The lowest BCUT2D eigenvalue weighted by molar-refractivity contribution is -0.903. The maximum Gasteiger partial charge on any atom is 0.193 e. The number of ether oxygens (including phenoxy) is 1. The predicted molar refractivity (Wildman–Crippen MR) is 132 cm³/mol. The molecule has 0 spiro atoms. The summed E-state index contributed by atoms with van der Waals surface area (Å²) < 4.78 is 5.78. The van der Waals surface area contributed by atoms with Crippen LogP contribution in [-0.2, 0) is 0 Å². The van der Waals surface area contributed by atoms with Crippen molar-refractivity contribution in [2.75, 3.05) is 44.2 Å². The normalized spacial score (nSPS) is 15.3. The van der Waals surface area contributed by atoms with Gasteiger partial charge in [-0.2, -0.15) is 0 Å². The summed E-state index contributed by atoms with van der Waals surface area (Å²) in [6.07, 6.45) is -0.529. The Morgan fingerprint density at radius 2 is 1.64 bits per heavy atom. The Morgan fingerprint density at radius 3 is 2.30 bits per heavy atom. The molecule has 3 aromatic rings. The third-order valence-corrected chi connectivity index (χ3v) is 6.28. The molecule has 1 aliphatic heterocycles. The van der Waals surface area contributed by atoms with Gasteiger partial charge in [-0.1, -0.05) is 48.0 Å². The largest absolute Gasteiger partial charge is 0.491 e. The van der Waals surface area contributed by atoms with E-state index in [4.69, 9.17) is 4.74 Å². The quantitative estimate of drug-likeness (QED) is 0.524. The number of anilines is 1. The van der Waals surface area contributed by atoms with E-state index < -0.39 is 6.10 Å². The molecule has 0 radical (unpaired) electrons. The van der Waals surface area contributed by atoms with Crippen LogP contribution in [0.25, 0.3) is 0 Å². The van der Waals surface area contributed by atoms with Crippen molar-refractivity contribution in [3.8, 4) is 5.75 Å². The van der Waals surface area contributed by atoms with Gasteiger partial charge in [0.1, 0.15) is 25.0 Å². The molecule has 2 N–H and O–H groups in total. The van der Waals surface area contributed by atoms with Crippen LogP contribution in [0.3, 0.4) is 0 Å². The van der Waals surface area contributed by atoms with E-state index in [-0.39, 0.29) is 12.4 Å². The fraction of sp³-hybridized carbons (Fsp3) is 0.321. The number of quaternary nitrogens is 1. The van der Waals surface area contributed by atoms with Crippen LogP contribution in [0.4, 0.5) is 5.69 Å². The number of nitrogens with one attached hydrogen (secondary N) is 1. The standard InChI is InChI=1S/C28H32N2O3/c1-21-8-13-27(22(2)18-21)30-16-14-29(15-17-30)19-25(31)20-33-26-11-9-24(10-12-26)28(32)23-6-4-3-5-7-23/h3-13,18,25,31H,14-17,19-20H2,1-2H3/p+1. The van der Waals surface area contributed by atoms with Gasteiger partial charge in [0.15, 0.2) is 5.78 Å². The number of hydrogen-bond acceptors (Lipinski definition) is 4. The van der Waals surface area contributed by atoms with E-state index >= 15 is 0 Å². The van der Waals surface area contributed by atoms with Crippen LogP contribution < -0.4 is 14.5 Å². The van der Waals surface area contributed by atoms with E-state index in [1.807, 2.05) is 30.3 Å². The second kappa shape index (κ2) is 10.6. The maximum absolute atomic E-state index is 12.5. The summed E-state index contributed by atoms with van der Waals surface area (Å²) in [7, 11) is 0. The highest BCUT2D eigenvalue weighted by molar-refractivity contribution is 6.08. The Balaban J connectivity index is 1.22. The number of aryl methyl sites for hydroxylation is 2. The number of aliphatic hydroxyl groups is 1. The minimum atomic E-state index is -0.529. The minimum absolute atomic E-state index is 0.00856. The van der Waals surface area contributed by atoms with E-state index in [2.05, 4.69) is 36.9 Å². The van der Waals surface area contributed by atoms with Crippen LogP contribution in [-0.4, -0.2) is 56.3 Å². The van der Waals surface area contributed by atoms with E-state index in [0.717, 1.165) is 26.2 Å². The highest BCUT2D eigenvalue weighted by Gasteiger charge is 2.23. The lowest BCUT2D eigenvalue weighted by Crippen LogP contribution is -3.16. The predicted octanol–water partition coefficient (Wildman–Crippen LogP) is 2.68. The van der Waals surface area contributed by atoms with Gasteiger partial charge in [0.25, 0.3) is 0 Å². The monoisotopic (exact) mass is 445 g/mol. The van der Waals surface area contributed by atoms with Crippen molar-refractivity contribution in [2.24, 2.45) is 0 Å². The van der Waals surface area contributed by atoms with Crippen LogP contribution >= 0.6 is 0 Å². The molecule has 0 bridgehead atoms. The average molecular weight is 446 g/mol. The maximum atomic E-state index is 12.5. The van der Waals surface area contributed by atoms with E-state index in [1.54, 1.807) is 24.3 Å². The third-order valence-electron chi connectivity index (χ3n) is 6.28. The Morgan fingerprint density at radius 1 is 0.970 bits per heavy atom. The smallest absolute Gasteiger partial charge is 0.193 e. The number of piperazine rings is 1. The topological polar surface area (TPSA) is 54.2 Å². The third kappa shape index (κ3) is 6.01. The van der Waals surface area contributed by atoms with Crippen molar-refractivity contribution in [3.05, 3.63) is 95.1 Å². The number of ketones is 1. The van der Waals surface area contributed by atoms with Crippen molar-refractivity contribution < 1.29 is 19.5 Å². The fourth-order valence-electron chi connectivity index (χ4n) is 4.47. The molecule has 3 aromatic carbocycles. The van der Waals surface area contributed by atoms with Gasteiger partial charge in [-0.3, -0.25) is 4.79 Å². The molecule has 172 valence electrons. The summed E-state index contributed by atoms with van der Waals surface area (Å²) in [5, 5.41) is 10.5. The summed E-state index contributed by atoms with van der Waals surface area (Å²) in [6.45, 7) is 9.20. The SMILES string of the molecule is Cc1ccc(N2CC[NH+](CC(O)COc3ccc(C(=O)c4ccccc4)cc3)CC2)c(C)c1. The Kier molecular flexibility index (Phi) is 7.43. The van der Waals surface area contributed by atoms with Gasteiger partial charge in [-0.05, 0) is 49.7 Å². The Labute approximate surface area is 196 Å². The first-order valence-electron chi connectivity index (χ1n) is 11.7. The molecule has 1 unspecified atom stereocenters. The molecule has 33 heavy (non-hydrogen) atoms. The molecule has 0 amide bonds. The summed E-state index contributed by atoms with van der Waals surface area (Å²) >= 11 is 0. The van der Waals surface area contributed by atoms with Gasteiger partial charge in [0, 0.05) is 16.8 Å². The van der Waals surface area contributed by atoms with Gasteiger partial charge < -0.3 is 19.6 Å². The molecule has 5 heteroatoms. The second-order valence-corrected chi connectivity index (χ2v) is 8.92. The highest BCUT2D eigenvalue weighted by atomic mass is 16.5. The van der Waals surface area contributed by atoms with Gasteiger partial charge in [0.05, 0.1) is 26.2 Å². The highest BCUT2D eigenvalue weighted by Crippen LogP contribution is 2.21. The second-order valence-electron chi connectivity index (χ2n) is 8.92. The number of hydrogen-bond donors (Lipinski definition) is 2. The Hall–Kier alpha value is -3.15. The van der Waals surface area contributed by atoms with Crippen LogP contribution in [0.1, 0.15) is 27.0 Å². The van der Waals surface area contributed by atoms with Gasteiger partial charge in [-0.25, -0.2) is 0 Å². The van der Waals surface area contributed by atoms with Gasteiger partial charge in [0.2, 0.25) is 0 Å². The van der Waals surface area contributed by atoms with Crippen molar-refractivity contribution in [1.29, 1.82) is 0 Å². The van der Waals surface area contributed by atoms with Gasteiger partial charge in [-0.15, -0.1) is 0 Å². The van der Waals surface area contributed by atoms with Crippen molar-refractivity contribution in [2.45, 2.75) is 20.0 Å². The number of carbonyl (C=O) groups is 1. The first kappa shape index (κ1) is 23.0. The zero-order chi connectivity index (χ0) is 23.2. The van der Waals surface area contributed by atoms with Crippen molar-refractivity contribution in [1.82, 2.24) is 0 Å². The van der Waals surface area contributed by atoms with Crippen LogP contribution in [0.5, 0.6) is 5.75 Å². The Bertz CT molecular complexity index is 1060. The molecule has 1 aliphatic rings. The average Bonchev–Trinajstić information content (AvgIpc) is 2.84. The van der Waals surface area contributed by atoms with Crippen LogP contribution in [0.2, 0.25) is 0 Å². The summed E-state index contributed by atoms with van der Waals surface area (Å²) in [5.41, 5.74) is 5.23. The molecular weight excluding hydrogens is 412 g/mol. The van der Waals surface area contributed by atoms with E-state index in [0.29, 0.717) is 23.4 Å². The lowest BCUT2D eigenvalue weighted by Gasteiger charge is -2.35. The molecule has 0 aromatic heterocycles. The summed E-state index contributed by atoms with van der Waals surface area (Å²) in [6, 6.07) is 23.0. The molecule has 0 aliphatic carbocycles. The summed E-state index contributed by atoms with van der Waals surface area (Å²) in [4.78, 5) is 16.3. The van der Waals surface area contributed by atoms with Crippen molar-refractivity contribution in [3.63, 3.8) is 0 Å². The fourth-order valence-corrected chi connectivity index (χ4v) is 4.47. The van der Waals surface area contributed by atoms with E-state index in [1.165, 1.54) is 21.7 Å². The number of aliphatic hydroxyl groups excluding tert-OH is 1. The molecular formula is C28H33N2O3+. The molecule has 0 saturated carbocycles. The minimum Gasteiger partial charge on any atom is -0.491 e. The molecule has 4 rings (SSSR count). The number of carbonyl (C=O) groups excluding carboxylic acids is 1. The van der Waals surface area contributed by atoms with Crippen molar-refractivity contribution >= 4 is 11.5 Å². The molecule has 5 nitrogen and oxygen atoms in total. The zero-order valence-electron chi connectivity index (χ0n) is 19.5. The number of nitrogens with zero attached hydrogens (tertiary/aromatic N) is 1. The number of benzene rings is 3. The van der Waals surface area contributed by atoms with E-state index in [9.17, 15) is 9.90 Å². The summed E-state index contributed by atoms with van der Waals surface area (Å²) in [5.74, 6) is 0.652. The lowest BCUT2D eigenvalue weighted by atomic mass is 10.0. The molecule has 1 atom stereocenters.